The van der Waals surface area contributed by atoms with Gasteiger partial charge < -0.3 is 5.11 Å². The Bertz CT molecular complexity index is 969. The number of rotatable bonds is 4. The van der Waals surface area contributed by atoms with Crippen LogP contribution in [0.4, 0.5) is 11.4 Å². The predicted octanol–water partition coefficient (Wildman–Crippen LogP) is 3.83. The molecule has 3 aromatic rings. The fourth-order valence-corrected chi connectivity index (χ4v) is 3.39. The largest absolute Gasteiger partial charge is 0.375 e. The van der Waals surface area contributed by atoms with E-state index in [2.05, 4.69) is 0 Å². The third-order valence-corrected chi connectivity index (χ3v) is 4.67. The lowest BCUT2D eigenvalue weighted by Crippen LogP contribution is -2.40. The molecule has 0 saturated carbocycles. The summed E-state index contributed by atoms with van der Waals surface area (Å²) in [4.78, 5) is 27.3. The molecule has 1 atom stereocenters. The molecule has 128 valence electrons. The first kappa shape index (κ1) is 16.2. The maximum absolute atomic E-state index is 13.2. The Morgan fingerprint density at radius 2 is 1.42 bits per heavy atom. The van der Waals surface area contributed by atoms with Crippen molar-refractivity contribution >= 4 is 23.1 Å². The lowest BCUT2D eigenvalue weighted by atomic mass is 9.88. The molecular weight excluding hydrogens is 326 g/mol. The quantitative estimate of drug-likeness (QED) is 0.733. The van der Waals surface area contributed by atoms with Gasteiger partial charge in [-0.1, -0.05) is 66.7 Å². The average molecular weight is 343 g/mol. The average Bonchev–Trinajstić information content (AvgIpc) is 2.91. The highest BCUT2D eigenvalue weighted by Gasteiger charge is 2.51. The Kier molecular flexibility index (Phi) is 3.90. The van der Waals surface area contributed by atoms with Crippen molar-refractivity contribution in [3.05, 3.63) is 96.1 Å². The number of anilines is 2. The van der Waals surface area contributed by atoms with Crippen LogP contribution in [0.15, 0.2) is 84.9 Å². The molecule has 0 spiro atoms. The smallest absolute Gasteiger partial charge is 0.268 e. The molecule has 1 aliphatic heterocycles. The van der Waals surface area contributed by atoms with Gasteiger partial charge in [0.25, 0.3) is 5.91 Å². The van der Waals surface area contributed by atoms with Gasteiger partial charge >= 0.3 is 0 Å². The van der Waals surface area contributed by atoms with Gasteiger partial charge in [0.15, 0.2) is 11.4 Å². The van der Waals surface area contributed by atoms with Crippen LogP contribution in [0.5, 0.6) is 0 Å². The Labute approximate surface area is 151 Å². The van der Waals surface area contributed by atoms with E-state index in [4.69, 9.17) is 0 Å². The molecule has 0 bridgehead atoms. The SMILES string of the molecule is O=C(CC1(O)C(=O)N(c2ccccc2)c2ccccc21)c1ccccc1. The molecule has 0 aromatic heterocycles. The summed E-state index contributed by atoms with van der Waals surface area (Å²) in [5.74, 6) is -0.777. The number of para-hydroxylation sites is 2. The summed E-state index contributed by atoms with van der Waals surface area (Å²) < 4.78 is 0. The molecule has 3 aromatic carbocycles. The normalized spacial score (nSPS) is 18.7. The van der Waals surface area contributed by atoms with Crippen molar-refractivity contribution in [3.63, 3.8) is 0 Å². The van der Waals surface area contributed by atoms with Crippen LogP contribution in [0, 0.1) is 0 Å². The third kappa shape index (κ3) is 2.52. The highest BCUT2D eigenvalue weighted by atomic mass is 16.3. The molecule has 26 heavy (non-hydrogen) atoms. The molecule has 1 aliphatic rings. The molecule has 4 rings (SSSR count). The molecule has 1 amide bonds. The number of carbonyl (C=O) groups is 2. The number of hydrogen-bond acceptors (Lipinski definition) is 3. The second kappa shape index (κ2) is 6.24. The van der Waals surface area contributed by atoms with Crippen molar-refractivity contribution < 1.29 is 14.7 Å². The van der Waals surface area contributed by atoms with Crippen molar-refractivity contribution in [1.29, 1.82) is 0 Å². The van der Waals surface area contributed by atoms with Gasteiger partial charge in [-0.25, -0.2) is 0 Å². The molecule has 0 saturated heterocycles. The highest BCUT2D eigenvalue weighted by Crippen LogP contribution is 2.46. The molecule has 0 aliphatic carbocycles. The van der Waals surface area contributed by atoms with Gasteiger partial charge in [0.1, 0.15) is 0 Å². The molecule has 1 unspecified atom stereocenters. The summed E-state index contributed by atoms with van der Waals surface area (Å²) in [7, 11) is 0. The number of nitrogens with zero attached hydrogens (tertiary/aromatic N) is 1. The van der Waals surface area contributed by atoms with Crippen LogP contribution >= 0.6 is 0 Å². The number of aliphatic hydroxyl groups is 1. The van der Waals surface area contributed by atoms with E-state index in [1.807, 2.05) is 30.3 Å². The summed E-state index contributed by atoms with van der Waals surface area (Å²) in [6, 6.07) is 24.9. The molecule has 0 fully saturated rings. The second-order valence-corrected chi connectivity index (χ2v) is 6.32. The van der Waals surface area contributed by atoms with Gasteiger partial charge in [-0.2, -0.15) is 0 Å². The summed E-state index contributed by atoms with van der Waals surface area (Å²) >= 11 is 0. The number of ketones is 1. The summed E-state index contributed by atoms with van der Waals surface area (Å²) in [5.41, 5.74) is 0.321. The van der Waals surface area contributed by atoms with Gasteiger partial charge in [-0.3, -0.25) is 14.5 Å². The Balaban J connectivity index is 1.77. The molecule has 4 heteroatoms. The fourth-order valence-electron chi connectivity index (χ4n) is 3.39. The van der Waals surface area contributed by atoms with Gasteiger partial charge in [-0.05, 0) is 18.2 Å². The first-order chi connectivity index (χ1) is 12.6. The second-order valence-electron chi connectivity index (χ2n) is 6.32. The number of amides is 1. The minimum Gasteiger partial charge on any atom is -0.375 e. The van der Waals surface area contributed by atoms with E-state index in [1.54, 1.807) is 54.6 Å². The van der Waals surface area contributed by atoms with Crippen LogP contribution in [0.3, 0.4) is 0 Å². The summed E-state index contributed by atoms with van der Waals surface area (Å²) in [5, 5.41) is 11.3. The van der Waals surface area contributed by atoms with Crippen LogP contribution in [-0.2, 0) is 10.4 Å². The molecule has 1 heterocycles. The maximum atomic E-state index is 13.2. The van der Waals surface area contributed by atoms with E-state index in [0.29, 0.717) is 22.5 Å². The van der Waals surface area contributed by atoms with Crippen molar-refractivity contribution in [2.24, 2.45) is 0 Å². The molecular formula is C22H17NO3. The number of hydrogen-bond donors (Lipinski definition) is 1. The number of benzene rings is 3. The molecule has 0 radical (unpaired) electrons. The number of fused-ring (bicyclic) bond motifs is 1. The van der Waals surface area contributed by atoms with Gasteiger partial charge in [0, 0.05) is 16.8 Å². The monoisotopic (exact) mass is 343 g/mol. The lowest BCUT2D eigenvalue weighted by molar-refractivity contribution is -0.135. The standard InChI is InChI=1S/C22H17NO3/c24-20(16-9-3-1-4-10-16)15-22(26)18-13-7-8-14-19(18)23(21(22)25)17-11-5-2-6-12-17/h1-14,26H,15H2. The summed E-state index contributed by atoms with van der Waals surface area (Å²) in [6.07, 6.45) is -0.295. The van der Waals surface area contributed by atoms with Crippen molar-refractivity contribution in [1.82, 2.24) is 0 Å². The summed E-state index contributed by atoms with van der Waals surface area (Å²) in [6.45, 7) is 0. The Morgan fingerprint density at radius 3 is 2.12 bits per heavy atom. The number of Topliss-reactive ketones (excluding diaryl/α,β-unsaturated/α-hetero) is 1. The van der Waals surface area contributed by atoms with Crippen molar-refractivity contribution in [2.45, 2.75) is 12.0 Å². The van der Waals surface area contributed by atoms with Crippen molar-refractivity contribution in [2.75, 3.05) is 4.90 Å². The highest BCUT2D eigenvalue weighted by molar-refractivity contribution is 6.14. The van der Waals surface area contributed by atoms with Crippen LogP contribution in [0.25, 0.3) is 0 Å². The van der Waals surface area contributed by atoms with Crippen LogP contribution < -0.4 is 4.90 Å². The predicted molar refractivity (Wildman–Crippen MR) is 99.3 cm³/mol. The zero-order valence-electron chi connectivity index (χ0n) is 14.0. The van der Waals surface area contributed by atoms with E-state index in [9.17, 15) is 14.7 Å². The van der Waals surface area contributed by atoms with E-state index in [0.717, 1.165) is 0 Å². The number of carbonyl (C=O) groups excluding carboxylic acids is 2. The Morgan fingerprint density at radius 1 is 0.846 bits per heavy atom. The van der Waals surface area contributed by atoms with Crippen LogP contribution in [-0.4, -0.2) is 16.8 Å². The van der Waals surface area contributed by atoms with E-state index in [-0.39, 0.29) is 12.2 Å². The van der Waals surface area contributed by atoms with E-state index < -0.39 is 11.5 Å². The fraction of sp³-hybridized carbons (Fsp3) is 0.0909. The topological polar surface area (TPSA) is 57.6 Å². The maximum Gasteiger partial charge on any atom is 0.268 e. The van der Waals surface area contributed by atoms with Gasteiger partial charge in [0.2, 0.25) is 0 Å². The Hall–Kier alpha value is -3.24. The first-order valence-corrected chi connectivity index (χ1v) is 8.41. The van der Waals surface area contributed by atoms with Gasteiger partial charge in [-0.15, -0.1) is 0 Å². The molecule has 1 N–H and O–H groups in total. The third-order valence-electron chi connectivity index (χ3n) is 4.67. The minimum atomic E-state index is -1.88. The minimum absolute atomic E-state index is 0.272. The van der Waals surface area contributed by atoms with E-state index >= 15 is 0 Å². The molecule has 4 nitrogen and oxygen atoms in total. The van der Waals surface area contributed by atoms with Crippen LogP contribution in [0.1, 0.15) is 22.3 Å². The van der Waals surface area contributed by atoms with Crippen LogP contribution in [0.2, 0.25) is 0 Å². The van der Waals surface area contributed by atoms with Crippen molar-refractivity contribution in [3.8, 4) is 0 Å². The zero-order chi connectivity index (χ0) is 18.1. The lowest BCUT2D eigenvalue weighted by Gasteiger charge is -2.22. The van der Waals surface area contributed by atoms with E-state index in [1.165, 1.54) is 4.90 Å². The first-order valence-electron chi connectivity index (χ1n) is 8.41. The van der Waals surface area contributed by atoms with Gasteiger partial charge in [0.05, 0.1) is 12.1 Å². The zero-order valence-corrected chi connectivity index (χ0v) is 14.0.